The van der Waals surface area contributed by atoms with E-state index in [0.717, 1.165) is 39.0 Å². The molecule has 0 aliphatic carbocycles. The van der Waals surface area contributed by atoms with Crippen molar-refractivity contribution in [3.63, 3.8) is 0 Å². The minimum atomic E-state index is -3.59. The maximum atomic E-state index is 12.9. The van der Waals surface area contributed by atoms with Crippen molar-refractivity contribution >= 4 is 15.9 Å². The molecule has 6 nitrogen and oxygen atoms in total. The summed E-state index contributed by atoms with van der Waals surface area (Å²) in [5, 5.41) is 3.43. The molecule has 1 aromatic carbocycles. The van der Waals surface area contributed by atoms with Crippen LogP contribution in [0.1, 0.15) is 43.5 Å². The summed E-state index contributed by atoms with van der Waals surface area (Å²) in [6.45, 7) is 7.25. The average Bonchev–Trinajstić information content (AvgIpc) is 3.09. The van der Waals surface area contributed by atoms with Gasteiger partial charge in [-0.05, 0) is 63.3 Å². The number of piperidine rings is 1. The van der Waals surface area contributed by atoms with Gasteiger partial charge in [0.25, 0.3) is 5.91 Å². The molecule has 0 radical (unpaired) electrons. The highest BCUT2D eigenvalue weighted by atomic mass is 32.2. The molecule has 0 atom stereocenters. The van der Waals surface area contributed by atoms with Gasteiger partial charge in [-0.1, -0.05) is 6.07 Å². The molecule has 0 unspecified atom stereocenters. The molecule has 0 saturated carbocycles. The van der Waals surface area contributed by atoms with Crippen LogP contribution in [0.3, 0.4) is 0 Å². The van der Waals surface area contributed by atoms with Crippen LogP contribution in [0.15, 0.2) is 29.2 Å². The van der Waals surface area contributed by atoms with Crippen molar-refractivity contribution < 1.29 is 13.2 Å². The number of amides is 1. The standard InChI is InChI=1S/C19H29N3O3S/c1-15(2)21(3)26(24,25)17-6-4-5-16(13-17)18(23)22-11-8-19(9-12-22)7-10-20-14-19/h4-6,13,15,20H,7-12,14H2,1-3H3. The van der Waals surface area contributed by atoms with Crippen molar-refractivity contribution in [3.8, 4) is 0 Å². The smallest absolute Gasteiger partial charge is 0.253 e. The topological polar surface area (TPSA) is 69.7 Å². The van der Waals surface area contributed by atoms with Crippen molar-refractivity contribution in [1.29, 1.82) is 0 Å². The molecule has 0 bridgehead atoms. The van der Waals surface area contributed by atoms with Crippen LogP contribution in [0.2, 0.25) is 0 Å². The number of rotatable bonds is 4. The lowest BCUT2D eigenvalue weighted by atomic mass is 9.78. The van der Waals surface area contributed by atoms with Crippen molar-refractivity contribution in [2.75, 3.05) is 33.2 Å². The van der Waals surface area contributed by atoms with Crippen LogP contribution in [0, 0.1) is 5.41 Å². The molecule has 2 aliphatic heterocycles. The summed E-state index contributed by atoms with van der Waals surface area (Å²) in [5.74, 6) is -0.0740. The lowest BCUT2D eigenvalue weighted by molar-refractivity contribution is 0.0607. The van der Waals surface area contributed by atoms with Gasteiger partial charge in [-0.2, -0.15) is 4.31 Å². The maximum absolute atomic E-state index is 12.9. The first-order valence-electron chi connectivity index (χ1n) is 9.33. The molecule has 1 aromatic rings. The molecule has 1 N–H and O–H groups in total. The molecule has 2 heterocycles. The predicted molar refractivity (Wildman–Crippen MR) is 102 cm³/mol. The van der Waals surface area contributed by atoms with E-state index in [0.29, 0.717) is 11.0 Å². The number of hydrogen-bond acceptors (Lipinski definition) is 4. The van der Waals surface area contributed by atoms with Gasteiger partial charge in [-0.25, -0.2) is 8.42 Å². The number of nitrogens with zero attached hydrogens (tertiary/aromatic N) is 2. The molecule has 2 aliphatic rings. The molecule has 2 saturated heterocycles. The highest BCUT2D eigenvalue weighted by molar-refractivity contribution is 7.89. The van der Waals surface area contributed by atoms with Gasteiger partial charge < -0.3 is 10.2 Å². The first kappa shape index (κ1) is 19.3. The van der Waals surface area contributed by atoms with E-state index in [9.17, 15) is 13.2 Å². The van der Waals surface area contributed by atoms with Crippen molar-refractivity contribution in [3.05, 3.63) is 29.8 Å². The van der Waals surface area contributed by atoms with Crippen molar-refractivity contribution in [2.45, 2.75) is 44.0 Å². The highest BCUT2D eigenvalue weighted by Crippen LogP contribution is 2.37. The van der Waals surface area contributed by atoms with E-state index in [1.165, 1.54) is 16.8 Å². The van der Waals surface area contributed by atoms with E-state index < -0.39 is 10.0 Å². The lowest BCUT2D eigenvalue weighted by Crippen LogP contribution is -2.44. The number of carbonyl (C=O) groups is 1. The van der Waals surface area contributed by atoms with Gasteiger partial charge in [0, 0.05) is 38.3 Å². The lowest BCUT2D eigenvalue weighted by Gasteiger charge is -2.39. The Morgan fingerprint density at radius 2 is 1.92 bits per heavy atom. The molecular formula is C19H29N3O3S. The third kappa shape index (κ3) is 3.66. The average molecular weight is 380 g/mol. The first-order valence-corrected chi connectivity index (χ1v) is 10.8. The van der Waals surface area contributed by atoms with Crippen molar-refractivity contribution in [2.24, 2.45) is 5.41 Å². The summed E-state index contributed by atoms with van der Waals surface area (Å²) in [5.41, 5.74) is 0.797. The van der Waals surface area contributed by atoms with E-state index in [1.807, 2.05) is 18.7 Å². The summed E-state index contributed by atoms with van der Waals surface area (Å²) in [6.07, 6.45) is 3.21. The largest absolute Gasteiger partial charge is 0.339 e. The summed E-state index contributed by atoms with van der Waals surface area (Å²) < 4.78 is 26.7. The Morgan fingerprint density at radius 3 is 2.50 bits per heavy atom. The number of likely N-dealkylation sites (tertiary alicyclic amines) is 1. The molecule has 26 heavy (non-hydrogen) atoms. The van der Waals surface area contributed by atoms with E-state index >= 15 is 0 Å². The van der Waals surface area contributed by atoms with Crippen molar-refractivity contribution in [1.82, 2.24) is 14.5 Å². The fourth-order valence-corrected chi connectivity index (χ4v) is 5.24. The second-order valence-corrected chi connectivity index (χ2v) is 9.86. The minimum Gasteiger partial charge on any atom is -0.339 e. The summed E-state index contributed by atoms with van der Waals surface area (Å²) in [6, 6.07) is 6.29. The van der Waals surface area contributed by atoms with Gasteiger partial charge in [0.05, 0.1) is 4.90 Å². The molecule has 0 aromatic heterocycles. The maximum Gasteiger partial charge on any atom is 0.253 e. The molecule has 3 rings (SSSR count). The third-order valence-electron chi connectivity index (χ3n) is 5.93. The second-order valence-electron chi connectivity index (χ2n) is 7.86. The fraction of sp³-hybridized carbons (Fsp3) is 0.632. The van der Waals surface area contributed by atoms with E-state index in [1.54, 1.807) is 25.2 Å². The first-order chi connectivity index (χ1) is 12.3. The summed E-state index contributed by atoms with van der Waals surface area (Å²) >= 11 is 0. The van der Waals surface area contributed by atoms with Gasteiger partial charge in [0.1, 0.15) is 0 Å². The molecular weight excluding hydrogens is 350 g/mol. The zero-order chi connectivity index (χ0) is 18.9. The van der Waals surface area contributed by atoms with Crippen LogP contribution >= 0.6 is 0 Å². The summed E-state index contributed by atoms with van der Waals surface area (Å²) in [4.78, 5) is 14.9. The van der Waals surface area contributed by atoms with E-state index in [2.05, 4.69) is 5.32 Å². The normalized spacial score (nSPS) is 20.3. The Kier molecular flexibility index (Phi) is 5.42. The number of hydrogen-bond donors (Lipinski definition) is 1. The van der Waals surface area contributed by atoms with Crippen LogP contribution in [0.4, 0.5) is 0 Å². The number of benzene rings is 1. The molecule has 1 spiro atoms. The molecule has 7 heteroatoms. The quantitative estimate of drug-likeness (QED) is 0.868. The van der Waals surface area contributed by atoms with Gasteiger partial charge in [-0.15, -0.1) is 0 Å². The molecule has 144 valence electrons. The predicted octanol–water partition coefficient (Wildman–Crippen LogP) is 1.93. The zero-order valence-corrected chi connectivity index (χ0v) is 16.7. The van der Waals surface area contributed by atoms with Crippen LogP contribution in [0.25, 0.3) is 0 Å². The zero-order valence-electron chi connectivity index (χ0n) is 15.9. The Bertz CT molecular complexity index is 760. The van der Waals surface area contributed by atoms with E-state index in [4.69, 9.17) is 0 Å². The highest BCUT2D eigenvalue weighted by Gasteiger charge is 2.38. The van der Waals surface area contributed by atoms with Gasteiger partial charge in [0.15, 0.2) is 0 Å². The Morgan fingerprint density at radius 1 is 1.23 bits per heavy atom. The molecule has 1 amide bonds. The third-order valence-corrected chi connectivity index (χ3v) is 7.96. The summed E-state index contributed by atoms with van der Waals surface area (Å²) in [7, 11) is -2.03. The Hall–Kier alpha value is -1.44. The number of nitrogens with one attached hydrogen (secondary N) is 1. The second kappa shape index (κ2) is 7.29. The number of carbonyl (C=O) groups excluding carboxylic acids is 1. The van der Waals surface area contributed by atoms with Crippen LogP contribution in [-0.2, 0) is 10.0 Å². The van der Waals surface area contributed by atoms with Gasteiger partial charge >= 0.3 is 0 Å². The fourth-order valence-electron chi connectivity index (χ4n) is 3.82. The van der Waals surface area contributed by atoms with Crippen LogP contribution < -0.4 is 5.32 Å². The van der Waals surface area contributed by atoms with Crippen LogP contribution in [0.5, 0.6) is 0 Å². The number of sulfonamides is 1. The molecule has 2 fully saturated rings. The van der Waals surface area contributed by atoms with Gasteiger partial charge in [0.2, 0.25) is 10.0 Å². The van der Waals surface area contributed by atoms with E-state index in [-0.39, 0.29) is 16.8 Å². The SMILES string of the molecule is CC(C)N(C)S(=O)(=O)c1cccc(C(=O)N2CCC3(CCNC3)CC2)c1. The Balaban J connectivity index is 1.75. The monoisotopic (exact) mass is 379 g/mol. The van der Waals surface area contributed by atoms with Gasteiger partial charge in [-0.3, -0.25) is 4.79 Å². The Labute approximate surface area is 156 Å². The van der Waals surface area contributed by atoms with Crippen LogP contribution in [-0.4, -0.2) is 62.8 Å². The minimum absolute atomic E-state index is 0.0740.